The SMILES string of the molecule is CCC1(CC(=O)O)OCCc2c1[nH]c1c(C)c(F)ccc21. The molecule has 0 spiro atoms. The molecule has 0 amide bonds. The van der Waals surface area contributed by atoms with Crippen molar-refractivity contribution in [1.29, 1.82) is 0 Å². The third-order valence-electron chi connectivity index (χ3n) is 4.47. The van der Waals surface area contributed by atoms with E-state index in [2.05, 4.69) is 4.98 Å². The summed E-state index contributed by atoms with van der Waals surface area (Å²) in [5, 5.41) is 10.2. The Kier molecular flexibility index (Phi) is 3.24. The minimum Gasteiger partial charge on any atom is -0.481 e. The van der Waals surface area contributed by atoms with Gasteiger partial charge in [-0.25, -0.2) is 4.39 Å². The molecule has 1 aromatic heterocycles. The lowest BCUT2D eigenvalue weighted by Gasteiger charge is -2.35. The van der Waals surface area contributed by atoms with Crippen LogP contribution in [-0.4, -0.2) is 22.7 Å². The largest absolute Gasteiger partial charge is 0.481 e. The van der Waals surface area contributed by atoms with E-state index in [4.69, 9.17) is 4.74 Å². The van der Waals surface area contributed by atoms with E-state index in [1.807, 2.05) is 6.92 Å². The maximum absolute atomic E-state index is 13.8. The number of nitrogens with one attached hydrogen (secondary N) is 1. The number of aromatic nitrogens is 1. The predicted octanol–water partition coefficient (Wildman–Crippen LogP) is 3.27. The molecule has 0 saturated heterocycles. The molecule has 1 aliphatic heterocycles. The Labute approximate surface area is 121 Å². The van der Waals surface area contributed by atoms with Gasteiger partial charge in [0.1, 0.15) is 11.4 Å². The lowest BCUT2D eigenvalue weighted by Crippen LogP contribution is -2.37. The van der Waals surface area contributed by atoms with Crippen LogP contribution in [0.2, 0.25) is 0 Å². The van der Waals surface area contributed by atoms with Crippen molar-refractivity contribution >= 4 is 16.9 Å². The fourth-order valence-electron chi connectivity index (χ4n) is 3.29. The Bertz CT molecular complexity index is 722. The van der Waals surface area contributed by atoms with Gasteiger partial charge in [0.15, 0.2) is 0 Å². The molecule has 1 aliphatic rings. The molecule has 0 aliphatic carbocycles. The second-order valence-corrected chi connectivity index (χ2v) is 5.59. The Morgan fingerprint density at radius 1 is 1.52 bits per heavy atom. The molecule has 1 aromatic carbocycles. The van der Waals surface area contributed by atoms with Crippen LogP contribution in [0.15, 0.2) is 12.1 Å². The molecule has 2 N–H and O–H groups in total. The Balaban J connectivity index is 2.26. The average molecular weight is 291 g/mol. The van der Waals surface area contributed by atoms with Crippen molar-refractivity contribution < 1.29 is 19.0 Å². The Morgan fingerprint density at radius 3 is 2.95 bits per heavy atom. The lowest BCUT2D eigenvalue weighted by atomic mass is 9.86. The molecule has 5 heteroatoms. The number of benzene rings is 1. The van der Waals surface area contributed by atoms with Crippen LogP contribution in [-0.2, 0) is 21.6 Å². The molecule has 0 bridgehead atoms. The number of fused-ring (bicyclic) bond motifs is 3. The summed E-state index contributed by atoms with van der Waals surface area (Å²) in [4.78, 5) is 14.5. The van der Waals surface area contributed by atoms with E-state index in [1.54, 1.807) is 13.0 Å². The van der Waals surface area contributed by atoms with Crippen LogP contribution in [0, 0.1) is 12.7 Å². The number of halogens is 1. The Hall–Kier alpha value is -1.88. The van der Waals surface area contributed by atoms with E-state index >= 15 is 0 Å². The van der Waals surface area contributed by atoms with Gasteiger partial charge in [-0.2, -0.15) is 0 Å². The monoisotopic (exact) mass is 291 g/mol. The van der Waals surface area contributed by atoms with Crippen LogP contribution < -0.4 is 0 Å². The van der Waals surface area contributed by atoms with Crippen LogP contribution in [0.4, 0.5) is 4.39 Å². The topological polar surface area (TPSA) is 62.3 Å². The molecule has 2 aromatic rings. The van der Waals surface area contributed by atoms with Crippen molar-refractivity contribution in [3.8, 4) is 0 Å². The average Bonchev–Trinajstić information content (AvgIpc) is 2.83. The maximum atomic E-state index is 13.8. The van der Waals surface area contributed by atoms with Crippen LogP contribution in [0.25, 0.3) is 10.9 Å². The van der Waals surface area contributed by atoms with Gasteiger partial charge >= 0.3 is 5.97 Å². The molecule has 2 heterocycles. The summed E-state index contributed by atoms with van der Waals surface area (Å²) < 4.78 is 19.6. The summed E-state index contributed by atoms with van der Waals surface area (Å²) in [5.41, 5.74) is 2.31. The summed E-state index contributed by atoms with van der Waals surface area (Å²) in [6, 6.07) is 3.23. The van der Waals surface area contributed by atoms with Gasteiger partial charge in [-0.1, -0.05) is 6.92 Å². The van der Waals surface area contributed by atoms with E-state index in [1.165, 1.54) is 6.07 Å². The zero-order valence-electron chi connectivity index (χ0n) is 12.1. The van der Waals surface area contributed by atoms with Crippen LogP contribution in [0.3, 0.4) is 0 Å². The smallest absolute Gasteiger partial charge is 0.306 e. The highest BCUT2D eigenvalue weighted by atomic mass is 19.1. The van der Waals surface area contributed by atoms with Crippen LogP contribution >= 0.6 is 0 Å². The van der Waals surface area contributed by atoms with Crippen molar-refractivity contribution in [2.45, 2.75) is 38.7 Å². The Morgan fingerprint density at radius 2 is 2.29 bits per heavy atom. The first kappa shape index (κ1) is 14.1. The number of ether oxygens (including phenoxy) is 1. The molecule has 0 saturated carbocycles. The molecule has 21 heavy (non-hydrogen) atoms. The molecular weight excluding hydrogens is 273 g/mol. The normalized spacial score (nSPS) is 21.5. The minimum atomic E-state index is -0.897. The minimum absolute atomic E-state index is 0.0924. The van der Waals surface area contributed by atoms with E-state index in [0.29, 0.717) is 25.0 Å². The van der Waals surface area contributed by atoms with Gasteiger partial charge in [-0.05, 0) is 37.5 Å². The molecule has 3 rings (SSSR count). The van der Waals surface area contributed by atoms with E-state index in [-0.39, 0.29) is 12.2 Å². The van der Waals surface area contributed by atoms with E-state index in [0.717, 1.165) is 22.2 Å². The van der Waals surface area contributed by atoms with Crippen molar-refractivity contribution in [2.24, 2.45) is 0 Å². The van der Waals surface area contributed by atoms with Gasteiger partial charge < -0.3 is 14.8 Å². The molecule has 112 valence electrons. The van der Waals surface area contributed by atoms with Crippen molar-refractivity contribution in [3.63, 3.8) is 0 Å². The molecule has 1 atom stereocenters. The summed E-state index contributed by atoms with van der Waals surface area (Å²) in [6.07, 6.45) is 1.17. The lowest BCUT2D eigenvalue weighted by molar-refractivity contribution is -0.148. The number of hydrogen-bond acceptors (Lipinski definition) is 2. The van der Waals surface area contributed by atoms with Gasteiger partial charge in [0, 0.05) is 10.9 Å². The number of carbonyl (C=O) groups is 1. The van der Waals surface area contributed by atoms with Crippen molar-refractivity contribution in [1.82, 2.24) is 4.98 Å². The second-order valence-electron chi connectivity index (χ2n) is 5.59. The summed E-state index contributed by atoms with van der Waals surface area (Å²) in [5.74, 6) is -1.16. The number of H-pyrrole nitrogens is 1. The first-order chi connectivity index (χ1) is 9.98. The van der Waals surface area contributed by atoms with Crippen LogP contribution in [0.1, 0.15) is 36.6 Å². The molecule has 4 nitrogen and oxygen atoms in total. The molecule has 1 unspecified atom stereocenters. The van der Waals surface area contributed by atoms with Crippen molar-refractivity contribution in [3.05, 3.63) is 34.8 Å². The summed E-state index contributed by atoms with van der Waals surface area (Å²) >= 11 is 0. The summed E-state index contributed by atoms with van der Waals surface area (Å²) in [7, 11) is 0. The van der Waals surface area contributed by atoms with E-state index < -0.39 is 11.6 Å². The standard InChI is InChI=1S/C16H18FNO3/c1-3-16(8-13(19)20)15-11(6-7-21-16)10-4-5-12(17)9(2)14(10)18-15/h4-5,18H,3,6-8H2,1-2H3,(H,19,20). The van der Waals surface area contributed by atoms with Crippen molar-refractivity contribution in [2.75, 3.05) is 6.61 Å². The number of hydrogen-bond donors (Lipinski definition) is 2. The third-order valence-corrected chi connectivity index (χ3v) is 4.47. The number of carboxylic acid groups (broad SMARTS) is 1. The fourth-order valence-corrected chi connectivity index (χ4v) is 3.29. The number of aliphatic carboxylic acids is 1. The zero-order chi connectivity index (χ0) is 15.2. The van der Waals surface area contributed by atoms with Gasteiger partial charge in [-0.15, -0.1) is 0 Å². The highest BCUT2D eigenvalue weighted by Gasteiger charge is 2.41. The van der Waals surface area contributed by atoms with E-state index in [9.17, 15) is 14.3 Å². The predicted molar refractivity (Wildman–Crippen MR) is 76.9 cm³/mol. The number of rotatable bonds is 3. The highest BCUT2D eigenvalue weighted by molar-refractivity contribution is 5.88. The first-order valence-electron chi connectivity index (χ1n) is 7.14. The van der Waals surface area contributed by atoms with Crippen LogP contribution in [0.5, 0.6) is 0 Å². The van der Waals surface area contributed by atoms with Gasteiger partial charge in [-0.3, -0.25) is 4.79 Å². The number of aryl methyl sites for hydroxylation is 1. The van der Waals surface area contributed by atoms with Gasteiger partial charge in [0.2, 0.25) is 0 Å². The molecule has 0 fully saturated rings. The third kappa shape index (κ3) is 2.03. The number of carboxylic acids is 1. The summed E-state index contributed by atoms with van der Waals surface area (Å²) in [6.45, 7) is 4.12. The maximum Gasteiger partial charge on any atom is 0.306 e. The zero-order valence-corrected chi connectivity index (χ0v) is 12.1. The molecular formula is C16H18FNO3. The van der Waals surface area contributed by atoms with Gasteiger partial charge in [0.25, 0.3) is 0 Å². The highest BCUT2D eigenvalue weighted by Crippen LogP contribution is 2.42. The first-order valence-corrected chi connectivity index (χ1v) is 7.14. The quantitative estimate of drug-likeness (QED) is 0.912. The van der Waals surface area contributed by atoms with Gasteiger partial charge in [0.05, 0.1) is 24.2 Å². The molecule has 0 radical (unpaired) electrons. The second kappa shape index (κ2) is 4.84. The fraction of sp³-hybridized carbons (Fsp3) is 0.438. The number of aromatic amines is 1.